The summed E-state index contributed by atoms with van der Waals surface area (Å²) >= 11 is 7.59. The molecule has 0 saturated carbocycles. The molecule has 1 N–H and O–H groups in total. The number of benzene rings is 3. The van der Waals surface area contributed by atoms with E-state index < -0.39 is 5.91 Å². The van der Waals surface area contributed by atoms with Crippen LogP contribution in [0.2, 0.25) is 5.02 Å². The fraction of sp³-hybridized carbons (Fsp3) is 0.133. The number of nitrogens with one attached hydrogen (secondary N) is 1. The van der Waals surface area contributed by atoms with Crippen molar-refractivity contribution in [1.82, 2.24) is 9.58 Å². The molecule has 4 aromatic rings. The van der Waals surface area contributed by atoms with Gasteiger partial charge in [0.1, 0.15) is 17.4 Å². The molecule has 39 heavy (non-hydrogen) atoms. The van der Waals surface area contributed by atoms with Gasteiger partial charge in [-0.1, -0.05) is 66.2 Å². The van der Waals surface area contributed by atoms with Gasteiger partial charge in [0.2, 0.25) is 5.17 Å². The van der Waals surface area contributed by atoms with Crippen LogP contribution in [0.15, 0.2) is 88.5 Å². The minimum Gasteiger partial charge on any atom is -0.491 e. The smallest absolute Gasteiger partial charge is 0.283 e. The minimum absolute atomic E-state index is 0.0151. The summed E-state index contributed by atoms with van der Waals surface area (Å²) in [5.74, 6) is 0.385. The Morgan fingerprint density at radius 1 is 1.03 bits per heavy atom. The van der Waals surface area contributed by atoms with Gasteiger partial charge in [-0.05, 0) is 55.4 Å². The predicted octanol–water partition coefficient (Wildman–Crippen LogP) is 6.66. The number of para-hydroxylation sites is 2. The number of nitrogens with zero attached hydrogens (tertiary/aromatic N) is 4. The summed E-state index contributed by atoms with van der Waals surface area (Å²) in [4.78, 5) is 17.4. The number of carbonyl (C=O) groups excluding carboxylic acids is 1. The largest absolute Gasteiger partial charge is 0.491 e. The number of hydrogen-bond donors (Lipinski definition) is 1. The second kappa shape index (κ2) is 10.2. The third kappa shape index (κ3) is 4.56. The van der Waals surface area contributed by atoms with Crippen LogP contribution in [0.1, 0.15) is 22.4 Å². The number of aromatic nitrogens is 1. The van der Waals surface area contributed by atoms with Crippen LogP contribution >= 0.6 is 23.4 Å². The fourth-order valence-corrected chi connectivity index (χ4v) is 5.99. The van der Waals surface area contributed by atoms with E-state index in [-0.39, 0.29) is 11.4 Å². The number of fused-ring (bicyclic) bond motifs is 2. The molecule has 2 aliphatic heterocycles. The average Bonchev–Trinajstić information content (AvgIpc) is 3.47. The molecule has 1 amide bonds. The molecular formula is C30H24ClN5O2S. The van der Waals surface area contributed by atoms with Gasteiger partial charge < -0.3 is 9.30 Å². The molecule has 0 radical (unpaired) electrons. The first-order chi connectivity index (χ1) is 18.9. The minimum atomic E-state index is -0.464. The molecule has 194 valence electrons. The van der Waals surface area contributed by atoms with Crippen LogP contribution in [0, 0.1) is 19.3 Å². The van der Waals surface area contributed by atoms with Gasteiger partial charge in [0.05, 0.1) is 17.1 Å². The standard InChI is InChI=1S/C30H24ClN5O2S/c1-18-9-3-8-14-26(18)38-16-15-35-19(2)22(20-10-5-7-13-25(20)35)17-23-27(32)36-30(33-28(23)37)39-29(34-36)21-11-4-6-12-24(21)31/h3-14,17,32H,15-16H2,1-2H3/b23-17-,32-27?. The van der Waals surface area contributed by atoms with E-state index in [9.17, 15) is 4.79 Å². The Hall–Kier alpha value is -4.14. The van der Waals surface area contributed by atoms with Crippen LogP contribution in [0.5, 0.6) is 5.75 Å². The lowest BCUT2D eigenvalue weighted by Gasteiger charge is -2.20. The van der Waals surface area contributed by atoms with Gasteiger partial charge in [0.25, 0.3) is 5.91 Å². The molecular weight excluding hydrogens is 530 g/mol. The number of hydrazone groups is 1. The van der Waals surface area contributed by atoms with E-state index in [4.69, 9.17) is 21.7 Å². The SMILES string of the molecule is Cc1ccccc1OCCn1c(C)c(/C=C2/C(=N)N3N=C(c4ccccc4Cl)SC3=NC2=O)c2ccccc21. The molecule has 0 saturated heterocycles. The highest BCUT2D eigenvalue weighted by molar-refractivity contribution is 8.27. The molecule has 2 aliphatic rings. The number of rotatable bonds is 6. The molecule has 7 nitrogen and oxygen atoms in total. The molecule has 0 fully saturated rings. The summed E-state index contributed by atoms with van der Waals surface area (Å²) in [5.41, 5.74) is 4.89. The lowest BCUT2D eigenvalue weighted by Crippen LogP contribution is -2.35. The average molecular weight is 554 g/mol. The van der Waals surface area contributed by atoms with E-state index in [1.54, 1.807) is 12.1 Å². The van der Waals surface area contributed by atoms with E-state index in [1.807, 2.05) is 74.5 Å². The summed E-state index contributed by atoms with van der Waals surface area (Å²) in [5, 5.41) is 17.3. The molecule has 1 aromatic heterocycles. The maximum Gasteiger partial charge on any atom is 0.283 e. The lowest BCUT2D eigenvalue weighted by atomic mass is 10.1. The summed E-state index contributed by atoms with van der Waals surface area (Å²) in [6.07, 6.45) is 1.76. The zero-order valence-electron chi connectivity index (χ0n) is 21.3. The number of amides is 1. The predicted molar refractivity (Wildman–Crippen MR) is 159 cm³/mol. The van der Waals surface area contributed by atoms with Crippen LogP contribution in [-0.4, -0.2) is 38.1 Å². The highest BCUT2D eigenvalue weighted by Crippen LogP contribution is 2.34. The monoisotopic (exact) mass is 553 g/mol. The van der Waals surface area contributed by atoms with Crippen LogP contribution < -0.4 is 4.74 Å². The van der Waals surface area contributed by atoms with Crippen molar-refractivity contribution >= 4 is 62.3 Å². The topological polar surface area (TPSA) is 83.0 Å². The second-order valence-electron chi connectivity index (χ2n) is 9.19. The van der Waals surface area contributed by atoms with E-state index in [2.05, 4.69) is 20.7 Å². The number of carbonyl (C=O) groups is 1. The van der Waals surface area contributed by atoms with Gasteiger partial charge in [-0.25, -0.2) is 0 Å². The number of ether oxygens (including phenoxy) is 1. The van der Waals surface area contributed by atoms with Crippen LogP contribution in [0.4, 0.5) is 0 Å². The highest BCUT2D eigenvalue weighted by atomic mass is 35.5. The third-order valence-corrected chi connectivity index (χ3v) is 8.06. The number of aliphatic imine (C=N–C) groups is 1. The number of hydrogen-bond acceptors (Lipinski definition) is 5. The number of amidine groups is 2. The van der Waals surface area contributed by atoms with Crippen molar-refractivity contribution in [2.45, 2.75) is 20.4 Å². The Morgan fingerprint density at radius 2 is 1.77 bits per heavy atom. The number of thioether (sulfide) groups is 1. The fourth-order valence-electron chi connectivity index (χ4n) is 4.77. The third-order valence-electron chi connectivity index (χ3n) is 6.79. The molecule has 6 rings (SSSR count). The van der Waals surface area contributed by atoms with Crippen molar-refractivity contribution in [3.05, 3.63) is 106 Å². The molecule has 3 aromatic carbocycles. The molecule has 9 heteroatoms. The molecule has 3 heterocycles. The zero-order valence-corrected chi connectivity index (χ0v) is 22.9. The van der Waals surface area contributed by atoms with Crippen molar-refractivity contribution in [3.8, 4) is 5.75 Å². The maximum absolute atomic E-state index is 13.1. The summed E-state index contributed by atoms with van der Waals surface area (Å²) in [6, 6.07) is 23.4. The maximum atomic E-state index is 13.1. The van der Waals surface area contributed by atoms with E-state index in [0.29, 0.717) is 28.4 Å². The van der Waals surface area contributed by atoms with Crippen molar-refractivity contribution in [2.24, 2.45) is 10.1 Å². The van der Waals surface area contributed by atoms with E-state index in [1.165, 1.54) is 16.8 Å². The summed E-state index contributed by atoms with van der Waals surface area (Å²) in [6.45, 7) is 5.17. The Kier molecular flexibility index (Phi) is 6.58. The highest BCUT2D eigenvalue weighted by Gasteiger charge is 2.36. The zero-order chi connectivity index (χ0) is 27.1. The van der Waals surface area contributed by atoms with Gasteiger partial charge in [-0.2, -0.15) is 15.1 Å². The van der Waals surface area contributed by atoms with Crippen molar-refractivity contribution in [3.63, 3.8) is 0 Å². The molecule has 0 aliphatic carbocycles. The summed E-state index contributed by atoms with van der Waals surface area (Å²) < 4.78 is 8.25. The first-order valence-electron chi connectivity index (χ1n) is 12.4. The molecule has 0 bridgehead atoms. The normalized spacial score (nSPS) is 16.1. The Labute approximate surface area is 235 Å². The van der Waals surface area contributed by atoms with Gasteiger partial charge in [0.15, 0.2) is 5.84 Å². The first-order valence-corrected chi connectivity index (χ1v) is 13.6. The van der Waals surface area contributed by atoms with Gasteiger partial charge in [0, 0.05) is 27.7 Å². The van der Waals surface area contributed by atoms with Gasteiger partial charge >= 0.3 is 0 Å². The molecule has 0 spiro atoms. The number of halogens is 1. The molecule has 0 unspecified atom stereocenters. The quantitative estimate of drug-likeness (QED) is 0.271. The Bertz CT molecular complexity index is 1750. The second-order valence-corrected chi connectivity index (χ2v) is 10.6. The van der Waals surface area contributed by atoms with Crippen LogP contribution in [-0.2, 0) is 11.3 Å². The summed E-state index contributed by atoms with van der Waals surface area (Å²) in [7, 11) is 0. The van der Waals surface area contributed by atoms with Crippen LogP contribution in [0.25, 0.3) is 17.0 Å². The van der Waals surface area contributed by atoms with Crippen molar-refractivity contribution < 1.29 is 9.53 Å². The first kappa shape index (κ1) is 25.2. The van der Waals surface area contributed by atoms with Crippen molar-refractivity contribution in [1.29, 1.82) is 5.41 Å². The van der Waals surface area contributed by atoms with Gasteiger partial charge in [-0.3, -0.25) is 10.2 Å². The lowest BCUT2D eigenvalue weighted by molar-refractivity contribution is -0.114. The Balaban J connectivity index is 1.33. The molecule has 0 atom stereocenters. The van der Waals surface area contributed by atoms with Gasteiger partial charge in [-0.15, -0.1) is 0 Å². The Morgan fingerprint density at radius 3 is 2.59 bits per heavy atom. The number of aryl methyl sites for hydroxylation is 1. The van der Waals surface area contributed by atoms with Crippen molar-refractivity contribution in [2.75, 3.05) is 6.61 Å². The van der Waals surface area contributed by atoms with E-state index >= 15 is 0 Å². The van der Waals surface area contributed by atoms with E-state index in [0.717, 1.165) is 39.0 Å². The van der Waals surface area contributed by atoms with Crippen LogP contribution in [0.3, 0.4) is 0 Å².